The molecule has 0 amide bonds. The Morgan fingerprint density at radius 1 is 0.857 bits per heavy atom. The normalized spacial score (nSPS) is 10.9. The molecule has 156 valence electrons. The van der Waals surface area contributed by atoms with Gasteiger partial charge in [0.1, 0.15) is 16.9 Å². The molecule has 0 aliphatic carbocycles. The van der Waals surface area contributed by atoms with Crippen molar-refractivity contribution < 1.29 is 28.9 Å². The third kappa shape index (κ3) is 13.5. The maximum Gasteiger partial charge on any atom is 0.346 e. The van der Waals surface area contributed by atoms with Crippen LogP contribution in [0, 0.1) is 0 Å². The summed E-state index contributed by atoms with van der Waals surface area (Å²) in [6, 6.07) is 17.9. The Morgan fingerprint density at radius 2 is 1.29 bits per heavy atom. The summed E-state index contributed by atoms with van der Waals surface area (Å²) in [4.78, 5) is 21.1. The van der Waals surface area contributed by atoms with Crippen LogP contribution >= 0.6 is 11.6 Å². The van der Waals surface area contributed by atoms with Crippen molar-refractivity contribution in [3.63, 3.8) is 0 Å². The van der Waals surface area contributed by atoms with Crippen LogP contribution in [0.5, 0.6) is 11.5 Å². The first-order chi connectivity index (χ1) is 12.8. The minimum Gasteiger partial charge on any atom is -0.508 e. The number of para-hydroxylation sites is 2. The molecule has 0 saturated heterocycles. The largest absolute Gasteiger partial charge is 0.508 e. The van der Waals surface area contributed by atoms with Gasteiger partial charge < -0.3 is 19.3 Å². The second-order valence-electron chi connectivity index (χ2n) is 5.07. The Balaban J connectivity index is 0. The Labute approximate surface area is 172 Å². The van der Waals surface area contributed by atoms with Crippen LogP contribution in [0.25, 0.3) is 0 Å². The quantitative estimate of drug-likeness (QED) is 0.590. The van der Waals surface area contributed by atoms with Gasteiger partial charge in [-0.25, -0.2) is 4.79 Å². The van der Waals surface area contributed by atoms with Crippen molar-refractivity contribution in [2.45, 2.75) is 32.8 Å². The zero-order valence-electron chi connectivity index (χ0n) is 15.8. The van der Waals surface area contributed by atoms with Gasteiger partial charge in [-0.15, -0.1) is 11.6 Å². The molecule has 1 N–H and O–H groups in total. The van der Waals surface area contributed by atoms with Crippen LogP contribution in [-0.2, 0) is 19.1 Å². The summed E-state index contributed by atoms with van der Waals surface area (Å²) >= 11 is 5.25. The minimum atomic E-state index is -0.563. The van der Waals surface area contributed by atoms with Gasteiger partial charge >= 0.3 is 11.9 Å². The Bertz CT molecular complexity index is 646. The molecule has 2 aromatic rings. The fourth-order valence-electron chi connectivity index (χ4n) is 1.51. The smallest absolute Gasteiger partial charge is 0.346 e. The molecule has 6 nitrogen and oxygen atoms in total. The molecule has 2 rings (SSSR count). The molecule has 0 aromatic heterocycles. The average molecular weight is 413 g/mol. The summed E-state index contributed by atoms with van der Waals surface area (Å²) in [5.41, 5.74) is 0. The van der Waals surface area contributed by atoms with Gasteiger partial charge in [-0.3, -0.25) is 4.79 Å². The number of methoxy groups -OCH3 is 2. The molecule has 0 saturated carbocycles. The van der Waals surface area contributed by atoms with E-state index in [1.807, 2.05) is 24.3 Å². The Kier molecular flexibility index (Phi) is 16.1. The predicted molar refractivity (Wildman–Crippen MR) is 111 cm³/mol. The first-order valence-electron chi connectivity index (χ1n) is 8.07. The molecule has 7 heteroatoms. The van der Waals surface area contributed by atoms with Gasteiger partial charge in [-0.05, 0) is 38.1 Å². The third-order valence-corrected chi connectivity index (χ3v) is 3.05. The third-order valence-electron chi connectivity index (χ3n) is 2.87. The van der Waals surface area contributed by atoms with E-state index in [1.165, 1.54) is 14.2 Å². The zero-order chi connectivity index (χ0) is 20.7. The van der Waals surface area contributed by atoms with Gasteiger partial charge in [-0.2, -0.15) is 0 Å². The van der Waals surface area contributed by atoms with Gasteiger partial charge in [0.15, 0.2) is 6.10 Å². The van der Waals surface area contributed by atoms with E-state index in [4.69, 9.17) is 21.4 Å². The van der Waals surface area contributed by atoms with Gasteiger partial charge in [0.05, 0.1) is 14.2 Å². The summed E-state index contributed by atoms with van der Waals surface area (Å²) in [5.74, 6) is 0.230. The molecule has 0 bridgehead atoms. The summed E-state index contributed by atoms with van der Waals surface area (Å²) < 4.78 is 14.1. The first kappa shape index (κ1) is 27.5. The number of benzene rings is 2. The molecule has 28 heavy (non-hydrogen) atoms. The number of esters is 2. The summed E-state index contributed by atoms with van der Waals surface area (Å²) in [6.07, 6.45) is -0.563. The standard InChI is InChI=1S/C10H12O3.C6H6O.C4H7ClO2.CH4/c1-8(10(11)12-2)13-9-6-4-3-5-7-9;7-6-4-2-1-3-5-6;1-3(5)4(6)7-2;/h3-8H,1-2H3;1-5,7H;3H,1-2H3;1H4. The van der Waals surface area contributed by atoms with Crippen molar-refractivity contribution in [1.29, 1.82) is 0 Å². The molecule has 0 spiro atoms. The molecular weight excluding hydrogens is 384 g/mol. The lowest BCUT2D eigenvalue weighted by Crippen LogP contribution is -2.24. The van der Waals surface area contributed by atoms with Gasteiger partial charge in [-0.1, -0.05) is 43.8 Å². The topological polar surface area (TPSA) is 82.1 Å². The van der Waals surface area contributed by atoms with Gasteiger partial charge in [0.2, 0.25) is 0 Å². The van der Waals surface area contributed by atoms with E-state index in [9.17, 15) is 9.59 Å². The molecule has 0 aliphatic heterocycles. The van der Waals surface area contributed by atoms with Crippen LogP contribution in [0.4, 0.5) is 0 Å². The van der Waals surface area contributed by atoms with Gasteiger partial charge in [0, 0.05) is 0 Å². The highest BCUT2D eigenvalue weighted by Crippen LogP contribution is 2.10. The number of alkyl halides is 1. The number of carbonyl (C=O) groups is 2. The fraction of sp³-hybridized carbons (Fsp3) is 0.333. The van der Waals surface area contributed by atoms with Crippen LogP contribution in [0.2, 0.25) is 0 Å². The number of hydrogen-bond acceptors (Lipinski definition) is 6. The van der Waals surface area contributed by atoms with Crippen LogP contribution < -0.4 is 4.74 Å². The molecule has 2 unspecified atom stereocenters. The maximum atomic E-state index is 11.0. The molecule has 0 fully saturated rings. The number of ether oxygens (including phenoxy) is 3. The van der Waals surface area contributed by atoms with Crippen LogP contribution in [-0.4, -0.2) is 42.7 Å². The predicted octanol–water partition coefficient (Wildman–Crippen LogP) is 4.44. The van der Waals surface area contributed by atoms with E-state index in [0.717, 1.165) is 0 Å². The van der Waals surface area contributed by atoms with Crippen LogP contribution in [0.3, 0.4) is 0 Å². The van der Waals surface area contributed by atoms with E-state index in [2.05, 4.69) is 9.47 Å². The van der Waals surface area contributed by atoms with Crippen LogP contribution in [0.1, 0.15) is 21.3 Å². The molecule has 2 aromatic carbocycles. The molecule has 0 heterocycles. The number of rotatable bonds is 4. The van der Waals surface area contributed by atoms with Crippen molar-refractivity contribution >= 4 is 23.5 Å². The summed E-state index contributed by atoms with van der Waals surface area (Å²) in [6.45, 7) is 3.21. The molecule has 2 atom stereocenters. The number of phenolic OH excluding ortho intramolecular Hbond substituents is 1. The summed E-state index contributed by atoms with van der Waals surface area (Å²) in [7, 11) is 2.65. The van der Waals surface area contributed by atoms with Gasteiger partial charge in [0.25, 0.3) is 0 Å². The van der Waals surface area contributed by atoms with Crippen LogP contribution in [0.15, 0.2) is 60.7 Å². The lowest BCUT2D eigenvalue weighted by Gasteiger charge is -2.11. The van der Waals surface area contributed by atoms with E-state index >= 15 is 0 Å². The van der Waals surface area contributed by atoms with E-state index in [-0.39, 0.29) is 19.4 Å². The minimum absolute atomic E-state index is 0. The zero-order valence-corrected chi connectivity index (χ0v) is 16.6. The number of hydrogen-bond donors (Lipinski definition) is 1. The average Bonchev–Trinajstić information content (AvgIpc) is 2.69. The van der Waals surface area contributed by atoms with Crippen molar-refractivity contribution in [1.82, 2.24) is 0 Å². The number of carbonyl (C=O) groups excluding carboxylic acids is 2. The monoisotopic (exact) mass is 412 g/mol. The maximum absolute atomic E-state index is 11.0. The highest BCUT2D eigenvalue weighted by molar-refractivity contribution is 6.29. The second-order valence-corrected chi connectivity index (χ2v) is 5.73. The van der Waals surface area contributed by atoms with E-state index < -0.39 is 11.5 Å². The molecular formula is C21H29ClO6. The lowest BCUT2D eigenvalue weighted by atomic mass is 10.3. The number of aromatic hydroxyl groups is 1. The van der Waals surface area contributed by atoms with Crippen molar-refractivity contribution in [3.05, 3.63) is 60.7 Å². The fourth-order valence-corrected chi connectivity index (χ4v) is 1.60. The first-order valence-corrected chi connectivity index (χ1v) is 8.50. The SMILES string of the molecule is C.COC(=O)C(C)Cl.COC(=O)C(C)Oc1ccccc1.Oc1ccccc1. The summed E-state index contributed by atoms with van der Waals surface area (Å²) in [5, 5.41) is 8.11. The second kappa shape index (κ2) is 16.4. The Morgan fingerprint density at radius 3 is 1.57 bits per heavy atom. The van der Waals surface area contributed by atoms with E-state index in [0.29, 0.717) is 11.5 Å². The van der Waals surface area contributed by atoms with Crippen molar-refractivity contribution in [3.8, 4) is 11.5 Å². The molecule has 0 radical (unpaired) electrons. The number of phenols is 1. The van der Waals surface area contributed by atoms with Crippen molar-refractivity contribution in [2.24, 2.45) is 0 Å². The highest BCUT2D eigenvalue weighted by atomic mass is 35.5. The highest BCUT2D eigenvalue weighted by Gasteiger charge is 2.13. The molecule has 0 aliphatic rings. The Hall–Kier alpha value is -2.73. The number of halogens is 1. The van der Waals surface area contributed by atoms with E-state index in [1.54, 1.807) is 50.2 Å². The van der Waals surface area contributed by atoms with Crippen molar-refractivity contribution in [2.75, 3.05) is 14.2 Å². The lowest BCUT2D eigenvalue weighted by molar-refractivity contribution is -0.148.